The van der Waals surface area contributed by atoms with Gasteiger partial charge in [0.15, 0.2) is 0 Å². The third-order valence-electron chi connectivity index (χ3n) is 15.6. The van der Waals surface area contributed by atoms with Crippen LogP contribution in [0.1, 0.15) is 143 Å². The van der Waals surface area contributed by atoms with Crippen molar-refractivity contribution in [1.82, 2.24) is 60.9 Å². The first-order valence-electron chi connectivity index (χ1n) is 29.7. The van der Waals surface area contributed by atoms with Gasteiger partial charge in [-0.15, -0.1) is 0 Å². The zero-order valence-electron chi connectivity index (χ0n) is 56.3. The fourth-order valence-electron chi connectivity index (χ4n) is 10.3. The molecule has 0 aromatic heterocycles. The predicted octanol–water partition coefficient (Wildman–Crippen LogP) is 2.69. The van der Waals surface area contributed by atoms with Crippen molar-refractivity contribution in [2.24, 2.45) is 35.5 Å². The van der Waals surface area contributed by atoms with Crippen LogP contribution in [0.15, 0.2) is 12.2 Å². The Labute approximate surface area is 536 Å². The van der Waals surface area contributed by atoms with Gasteiger partial charge in [0.1, 0.15) is 66.3 Å². The quantitative estimate of drug-likeness (QED) is 0.102. The molecule has 0 saturated carbocycles. The number of nitrogens with zero attached hydrogens (tertiary/aromatic N) is 7. The van der Waals surface area contributed by atoms with E-state index in [0.29, 0.717) is 6.42 Å². The summed E-state index contributed by atoms with van der Waals surface area (Å²) >= 11 is 0. The van der Waals surface area contributed by atoms with Gasteiger partial charge in [-0.25, -0.2) is 6.54 Å². The number of amides is 11. The zero-order valence-corrected chi connectivity index (χ0v) is 59.2. The van der Waals surface area contributed by atoms with Crippen LogP contribution in [0, 0.1) is 49.5 Å². The minimum absolute atomic E-state index is 0. The molecule has 1 rings (SSSR count). The number of allylic oxidation sites excluding steroid dienone is 2. The van der Waals surface area contributed by atoms with Gasteiger partial charge in [0, 0.05) is 48.8 Å². The summed E-state index contributed by atoms with van der Waals surface area (Å²) in [6.45, 7) is 26.8. The van der Waals surface area contributed by atoms with Gasteiger partial charge in [0.05, 0.1) is 6.10 Å². The molecular formula is C62H114N12O12W. The molecule has 0 spiro atoms. The van der Waals surface area contributed by atoms with Crippen molar-refractivity contribution in [3.05, 3.63) is 26.1 Å². The number of carbonyl (C=O) groups excluding carboxylic acids is 11. The maximum Gasteiger partial charge on any atom is 2.00 e. The van der Waals surface area contributed by atoms with Gasteiger partial charge in [-0.2, -0.15) is 0 Å². The van der Waals surface area contributed by atoms with Crippen LogP contribution in [0.2, 0.25) is 0 Å². The molecule has 0 aromatic carbocycles. The molecule has 500 valence electrons. The number of hydrogen-bond donors (Lipinski definition) is 6. The average Bonchev–Trinajstić information content (AvgIpc) is 2.27. The second kappa shape index (κ2) is 39.4. The number of nitrogens with one attached hydrogen (secondary N) is 5. The molecule has 1 aliphatic rings. The Bertz CT molecular complexity index is 2300. The Hall–Kier alpha value is -5.61. The van der Waals surface area contributed by atoms with Gasteiger partial charge in [0.2, 0.25) is 59.1 Å². The Morgan fingerprint density at radius 2 is 0.966 bits per heavy atom. The second-order valence-electron chi connectivity index (χ2n) is 24.8. The molecule has 1 heterocycles. The van der Waals surface area contributed by atoms with Crippen LogP contribution in [0.4, 0.5) is 0 Å². The standard InChI is InChI=1S/C60H107N12O12.CH4.CH3.W/c1-24-26-27-38(13)50(74)49-54(78)64-41(25-2)56(80)66(17)32-46(73)67(18)45(31-61-16)53(77)65-47(36(9)10)59(83)68(19)42(28-33(3)4)52(76)62-39(14)51(75)63-40(15)55(79)69(20)43(29-34(5)6)57(81)70(21)44(30-35(7)8)58(82)71(22)48(37(11)12)60(84)72(49)23;;;/h24,26,32-45,47-50,61,74H,25,27-31H2,1-23H3,(H,62,76)(H,63,75)(H,64,78)(H,65,77);1H4;1H3;/q-1;;-1;+2/t38-,39+,40-,41+,42+,43+,44+,45+,47+,48+,49+,50-;;;/m1.../s1. The molecule has 12 atom stereocenters. The monoisotopic (exact) mass is 1400 g/mol. The van der Waals surface area contributed by atoms with E-state index in [0.717, 1.165) is 21.2 Å². The average molecular weight is 1400 g/mol. The van der Waals surface area contributed by atoms with E-state index in [-0.39, 0.29) is 85.9 Å². The molecular weight excluding hydrogens is 1290 g/mol. The molecule has 87 heavy (non-hydrogen) atoms. The fourth-order valence-corrected chi connectivity index (χ4v) is 10.3. The predicted molar refractivity (Wildman–Crippen MR) is 335 cm³/mol. The first-order valence-corrected chi connectivity index (χ1v) is 29.7. The molecule has 25 heteroatoms. The second-order valence-corrected chi connectivity index (χ2v) is 24.8. The van der Waals surface area contributed by atoms with Crippen molar-refractivity contribution in [2.45, 2.75) is 210 Å². The molecule has 1 fully saturated rings. The number of aliphatic hydroxyl groups is 1. The van der Waals surface area contributed by atoms with E-state index in [1.54, 1.807) is 67.7 Å². The molecule has 0 radical (unpaired) electrons. The maximum absolute atomic E-state index is 15.1. The van der Waals surface area contributed by atoms with Crippen LogP contribution in [-0.4, -0.2) is 234 Å². The fraction of sp³-hybridized carbons (Fsp3) is 0.758. The largest absolute Gasteiger partial charge is 2.00 e. The molecule has 0 aromatic rings. The van der Waals surface area contributed by atoms with Crippen molar-refractivity contribution < 1.29 is 78.9 Å². The number of rotatable bonds is 15. The smallest absolute Gasteiger partial charge is 0.469 e. The number of carbonyl (C=O) groups is 11. The van der Waals surface area contributed by atoms with Crippen molar-refractivity contribution in [3.8, 4) is 0 Å². The maximum atomic E-state index is 15.1. The summed E-state index contributed by atoms with van der Waals surface area (Å²) in [5.41, 5.74) is 0. The summed E-state index contributed by atoms with van der Waals surface area (Å²) in [5, 5.41) is 25.8. The number of likely N-dealkylation sites (N-methyl/N-ethyl adjacent to an activating group) is 8. The molecule has 6 N–H and O–H groups in total. The molecule has 1 saturated heterocycles. The van der Waals surface area contributed by atoms with E-state index >= 15 is 9.59 Å². The summed E-state index contributed by atoms with van der Waals surface area (Å²) in [7, 11) is 11.3. The topological polar surface area (TPSA) is 291 Å². The summed E-state index contributed by atoms with van der Waals surface area (Å²) in [6, 6.07) is -12.6. The summed E-state index contributed by atoms with van der Waals surface area (Å²) in [6.07, 6.45) is 2.80. The third-order valence-corrected chi connectivity index (χ3v) is 15.6. The first-order chi connectivity index (χ1) is 38.9. The van der Waals surface area contributed by atoms with E-state index in [4.69, 9.17) is 0 Å². The molecule has 11 amide bonds. The van der Waals surface area contributed by atoms with Crippen LogP contribution in [0.3, 0.4) is 0 Å². The molecule has 0 bridgehead atoms. The van der Waals surface area contributed by atoms with Crippen LogP contribution >= 0.6 is 0 Å². The van der Waals surface area contributed by atoms with Crippen molar-refractivity contribution in [2.75, 3.05) is 62.9 Å². The van der Waals surface area contributed by atoms with Gasteiger partial charge >= 0.3 is 21.1 Å². The van der Waals surface area contributed by atoms with Gasteiger partial charge in [-0.3, -0.25) is 47.9 Å². The van der Waals surface area contributed by atoms with Crippen LogP contribution < -0.4 is 26.6 Å². The Balaban J connectivity index is -0.0000235. The van der Waals surface area contributed by atoms with Gasteiger partial charge < -0.3 is 78.2 Å². The van der Waals surface area contributed by atoms with E-state index in [9.17, 15) is 48.3 Å². The van der Waals surface area contributed by atoms with Gasteiger partial charge in [0.25, 0.3) is 0 Å². The Kier molecular flexibility index (Phi) is 38.8. The summed E-state index contributed by atoms with van der Waals surface area (Å²) in [5.74, 6) is -10.0. The van der Waals surface area contributed by atoms with Crippen LogP contribution in [-0.2, 0) is 73.8 Å². The zero-order chi connectivity index (χ0) is 65.1. The minimum Gasteiger partial charge on any atom is -0.469 e. The van der Waals surface area contributed by atoms with Crippen LogP contribution in [0.5, 0.6) is 0 Å². The van der Waals surface area contributed by atoms with E-state index in [1.165, 1.54) is 82.8 Å². The van der Waals surface area contributed by atoms with Crippen molar-refractivity contribution in [3.63, 3.8) is 0 Å². The summed E-state index contributed by atoms with van der Waals surface area (Å²) < 4.78 is 0. The molecule has 0 aliphatic carbocycles. The van der Waals surface area contributed by atoms with Crippen molar-refractivity contribution in [1.29, 1.82) is 0 Å². The number of aliphatic hydroxyl groups excluding tert-OH is 1. The minimum atomic E-state index is -1.62. The Morgan fingerprint density at radius 1 is 0.529 bits per heavy atom. The molecule has 24 nitrogen and oxygen atoms in total. The first kappa shape index (κ1) is 85.6. The normalized spacial score (nSPS) is 26.0. The third kappa shape index (κ3) is 24.0. The van der Waals surface area contributed by atoms with Crippen LogP contribution in [0.25, 0.3) is 0 Å². The Morgan fingerprint density at radius 3 is 1.41 bits per heavy atom. The van der Waals surface area contributed by atoms with E-state index in [1.807, 2.05) is 41.5 Å². The van der Waals surface area contributed by atoms with E-state index < -0.39 is 149 Å². The van der Waals surface area contributed by atoms with Gasteiger partial charge in [-0.1, -0.05) is 103 Å². The molecule has 1 aliphatic heterocycles. The van der Waals surface area contributed by atoms with Gasteiger partial charge in [-0.05, 0) is 102 Å². The number of hydrogen-bond acceptors (Lipinski definition) is 13. The van der Waals surface area contributed by atoms with Crippen molar-refractivity contribution >= 4 is 65.0 Å². The van der Waals surface area contributed by atoms with E-state index in [2.05, 4.69) is 26.6 Å². The summed E-state index contributed by atoms with van der Waals surface area (Å²) in [4.78, 5) is 167. The molecule has 0 unspecified atom stereocenters. The SMILES string of the molecule is C.CC=CC[C@@H](C)[C@@H](O)[C@H]1C(=O)N[C@@H](CC)C(=O)N(C)[CH-]C(=O)N(C)[C@@H](CNC)C(=O)N[C@@H](C(C)C)C(=O)N(C)[C@@H](CC(C)C)C(=O)N[C@@H](C)C(=O)N[C@H](C)C(=O)N(C)[C@@H](CC(C)C)C(=O)N(C)[C@@H](CC(C)C)C(=O)N(C)[C@@H](C(C)C)C(=O)N1C.[CH3-].[W+2].